The van der Waals surface area contributed by atoms with Crippen molar-refractivity contribution in [1.29, 1.82) is 0 Å². The van der Waals surface area contributed by atoms with E-state index in [0.29, 0.717) is 19.3 Å². The van der Waals surface area contributed by atoms with Gasteiger partial charge in [0.2, 0.25) is 0 Å². The predicted molar refractivity (Wildman–Crippen MR) is 316 cm³/mol. The van der Waals surface area contributed by atoms with Gasteiger partial charge in [-0.25, -0.2) is 0 Å². The number of ether oxygens (including phenoxy) is 3. The Hall–Kier alpha value is -3.15. The van der Waals surface area contributed by atoms with Crippen molar-refractivity contribution in [1.82, 2.24) is 0 Å². The molecule has 1 unspecified atom stereocenters. The van der Waals surface area contributed by atoms with Gasteiger partial charge < -0.3 is 14.2 Å². The van der Waals surface area contributed by atoms with E-state index in [-0.39, 0.29) is 31.1 Å². The number of allylic oxidation sites excluding steroid dienone is 12. The maximum atomic E-state index is 12.9. The first-order valence-electron chi connectivity index (χ1n) is 31.4. The van der Waals surface area contributed by atoms with Gasteiger partial charge in [0.15, 0.2) is 6.10 Å². The van der Waals surface area contributed by atoms with Gasteiger partial charge in [-0.3, -0.25) is 14.4 Å². The molecule has 0 saturated heterocycles. The smallest absolute Gasteiger partial charge is 0.306 e. The van der Waals surface area contributed by atoms with Crippen LogP contribution in [0.15, 0.2) is 72.9 Å². The van der Waals surface area contributed by atoms with Gasteiger partial charge in [0, 0.05) is 19.3 Å². The van der Waals surface area contributed by atoms with Crippen LogP contribution in [0, 0.1) is 0 Å². The molecule has 422 valence electrons. The minimum atomic E-state index is -0.783. The van der Waals surface area contributed by atoms with Gasteiger partial charge in [0.05, 0.1) is 0 Å². The highest BCUT2D eigenvalue weighted by Gasteiger charge is 2.19. The molecule has 0 aliphatic heterocycles. The molecule has 0 heterocycles. The van der Waals surface area contributed by atoms with E-state index in [1.165, 1.54) is 180 Å². The molecular weight excluding hydrogens is 901 g/mol. The van der Waals surface area contributed by atoms with Crippen molar-refractivity contribution in [2.24, 2.45) is 0 Å². The third kappa shape index (κ3) is 59.6. The van der Waals surface area contributed by atoms with Crippen molar-refractivity contribution in [2.45, 2.75) is 322 Å². The molecule has 0 aromatic carbocycles. The summed E-state index contributed by atoms with van der Waals surface area (Å²) in [6, 6.07) is 0. The van der Waals surface area contributed by atoms with Gasteiger partial charge in [-0.1, -0.05) is 273 Å². The van der Waals surface area contributed by atoms with E-state index in [1.54, 1.807) is 0 Å². The molecule has 0 aromatic rings. The van der Waals surface area contributed by atoms with Crippen LogP contribution >= 0.6 is 0 Å². The van der Waals surface area contributed by atoms with Crippen LogP contribution in [0.3, 0.4) is 0 Å². The Morgan fingerprint density at radius 1 is 0.274 bits per heavy atom. The standard InChI is InChI=1S/C67H118O6/c1-4-7-10-13-16-19-22-24-26-28-30-31-32-33-34-35-37-38-40-42-45-48-51-54-57-60-66(69)72-63-64(62-71-65(68)59-56-53-50-47-44-21-18-15-12-9-6-3)73-67(70)61-58-55-52-49-46-43-41-39-36-29-27-25-23-20-17-14-11-8-5-2/h17,20,22,24-25,27-28,30,32-33,36,39,64H,4-16,18-19,21,23,26,29,31,34-35,37-38,40-63H2,1-3H3/b20-17-,24-22-,27-25-,30-28-,33-32-,39-36-. The Kier molecular flexibility index (Phi) is 58.7. The van der Waals surface area contributed by atoms with Crippen molar-refractivity contribution in [3.63, 3.8) is 0 Å². The summed E-state index contributed by atoms with van der Waals surface area (Å²) in [4.78, 5) is 38.2. The lowest BCUT2D eigenvalue weighted by atomic mass is 10.0. The molecule has 0 aliphatic rings. The summed E-state index contributed by atoms with van der Waals surface area (Å²) in [5, 5.41) is 0. The highest BCUT2D eigenvalue weighted by molar-refractivity contribution is 5.71. The number of esters is 3. The van der Waals surface area contributed by atoms with Gasteiger partial charge >= 0.3 is 17.9 Å². The van der Waals surface area contributed by atoms with E-state index in [9.17, 15) is 14.4 Å². The minimum absolute atomic E-state index is 0.0795. The molecule has 0 aliphatic carbocycles. The fourth-order valence-corrected chi connectivity index (χ4v) is 8.93. The number of rotatable bonds is 57. The fraction of sp³-hybridized carbons (Fsp3) is 0.776. The van der Waals surface area contributed by atoms with E-state index in [1.807, 2.05) is 0 Å². The lowest BCUT2D eigenvalue weighted by molar-refractivity contribution is -0.167. The average molecular weight is 1020 g/mol. The zero-order chi connectivity index (χ0) is 52.9. The van der Waals surface area contributed by atoms with E-state index < -0.39 is 6.10 Å². The van der Waals surface area contributed by atoms with Crippen molar-refractivity contribution < 1.29 is 28.6 Å². The largest absolute Gasteiger partial charge is 0.462 e. The Bertz CT molecular complexity index is 1360. The maximum absolute atomic E-state index is 12.9. The van der Waals surface area contributed by atoms with Crippen LogP contribution in [0.2, 0.25) is 0 Å². The molecule has 0 saturated carbocycles. The van der Waals surface area contributed by atoms with Crippen LogP contribution in [0.1, 0.15) is 316 Å². The van der Waals surface area contributed by atoms with E-state index in [4.69, 9.17) is 14.2 Å². The van der Waals surface area contributed by atoms with E-state index in [2.05, 4.69) is 93.7 Å². The molecule has 0 N–H and O–H groups in total. The zero-order valence-corrected chi connectivity index (χ0v) is 48.4. The summed E-state index contributed by atoms with van der Waals surface area (Å²) in [6.07, 6.45) is 79.0. The van der Waals surface area contributed by atoms with Gasteiger partial charge in [0.1, 0.15) is 13.2 Å². The van der Waals surface area contributed by atoms with Crippen LogP contribution in [-0.4, -0.2) is 37.2 Å². The Morgan fingerprint density at radius 2 is 0.493 bits per heavy atom. The third-order valence-electron chi connectivity index (χ3n) is 13.7. The van der Waals surface area contributed by atoms with Crippen molar-refractivity contribution in [2.75, 3.05) is 13.2 Å². The van der Waals surface area contributed by atoms with Crippen molar-refractivity contribution in [3.05, 3.63) is 72.9 Å². The van der Waals surface area contributed by atoms with Crippen LogP contribution < -0.4 is 0 Å². The normalized spacial score (nSPS) is 12.5. The average Bonchev–Trinajstić information content (AvgIpc) is 3.39. The van der Waals surface area contributed by atoms with Crippen LogP contribution in [-0.2, 0) is 28.6 Å². The summed E-state index contributed by atoms with van der Waals surface area (Å²) in [6.45, 7) is 6.61. The number of hydrogen-bond donors (Lipinski definition) is 0. The van der Waals surface area contributed by atoms with Crippen LogP contribution in [0.25, 0.3) is 0 Å². The number of unbranched alkanes of at least 4 members (excludes halogenated alkanes) is 34. The maximum Gasteiger partial charge on any atom is 0.306 e. The minimum Gasteiger partial charge on any atom is -0.462 e. The summed E-state index contributed by atoms with van der Waals surface area (Å²) in [7, 11) is 0. The summed E-state index contributed by atoms with van der Waals surface area (Å²) >= 11 is 0. The third-order valence-corrected chi connectivity index (χ3v) is 13.7. The second kappa shape index (κ2) is 61.4. The van der Waals surface area contributed by atoms with Crippen LogP contribution in [0.5, 0.6) is 0 Å². The molecule has 0 rings (SSSR count). The topological polar surface area (TPSA) is 78.9 Å². The van der Waals surface area contributed by atoms with E-state index >= 15 is 0 Å². The molecule has 0 amide bonds. The SMILES string of the molecule is CCCCC/C=C\C/C=C\C/C=C\CCCCCCCCC(=O)OC(COC(=O)CCCCCCCCCCCCC)COC(=O)CCCCCCCCCCCC/C=C\C/C=C\C/C=C\CCCCCCC. The molecule has 0 spiro atoms. The lowest BCUT2D eigenvalue weighted by Crippen LogP contribution is -2.30. The number of carbonyl (C=O) groups excluding carboxylic acids is 3. The van der Waals surface area contributed by atoms with Crippen molar-refractivity contribution in [3.8, 4) is 0 Å². The summed E-state index contributed by atoms with van der Waals surface area (Å²) in [5.74, 6) is -0.885. The quantitative estimate of drug-likeness (QED) is 0.0261. The van der Waals surface area contributed by atoms with Crippen molar-refractivity contribution >= 4 is 17.9 Å². The molecule has 0 fully saturated rings. The zero-order valence-electron chi connectivity index (χ0n) is 48.4. The summed E-state index contributed by atoms with van der Waals surface area (Å²) < 4.78 is 16.9. The first kappa shape index (κ1) is 69.8. The van der Waals surface area contributed by atoms with E-state index in [0.717, 1.165) is 96.3 Å². The van der Waals surface area contributed by atoms with Gasteiger partial charge in [0.25, 0.3) is 0 Å². The molecule has 6 nitrogen and oxygen atoms in total. The number of hydrogen-bond acceptors (Lipinski definition) is 6. The molecule has 1 atom stereocenters. The first-order valence-corrected chi connectivity index (χ1v) is 31.4. The monoisotopic (exact) mass is 1020 g/mol. The molecule has 0 aromatic heterocycles. The first-order chi connectivity index (χ1) is 36.0. The lowest BCUT2D eigenvalue weighted by Gasteiger charge is -2.18. The molecule has 6 heteroatoms. The van der Waals surface area contributed by atoms with Gasteiger partial charge in [-0.05, 0) is 96.3 Å². The molecule has 0 radical (unpaired) electrons. The highest BCUT2D eigenvalue weighted by Crippen LogP contribution is 2.16. The summed E-state index contributed by atoms with van der Waals surface area (Å²) in [5.41, 5.74) is 0. The van der Waals surface area contributed by atoms with Gasteiger partial charge in [-0.2, -0.15) is 0 Å². The number of carbonyl (C=O) groups is 3. The second-order valence-electron chi connectivity index (χ2n) is 21.0. The fourth-order valence-electron chi connectivity index (χ4n) is 8.93. The Morgan fingerprint density at radius 3 is 0.795 bits per heavy atom. The predicted octanol–water partition coefficient (Wildman–Crippen LogP) is 21.3. The molecule has 0 bridgehead atoms. The molecular formula is C67H118O6. The second-order valence-corrected chi connectivity index (χ2v) is 21.0. The highest BCUT2D eigenvalue weighted by atomic mass is 16.6. The molecule has 73 heavy (non-hydrogen) atoms. The van der Waals surface area contributed by atoms with Gasteiger partial charge in [-0.15, -0.1) is 0 Å². The Balaban J connectivity index is 4.30. The van der Waals surface area contributed by atoms with Crippen LogP contribution in [0.4, 0.5) is 0 Å². The Labute approximate surface area is 453 Å².